The molecule has 0 spiro atoms. The van der Waals surface area contributed by atoms with Crippen LogP contribution in [-0.4, -0.2) is 89.6 Å². The number of carboxylic acid groups (broad SMARTS) is 1. The Morgan fingerprint density at radius 3 is 2.78 bits per heavy atom. The molecule has 1 fully saturated rings. The molecule has 36 heavy (non-hydrogen) atoms. The third-order valence-corrected chi connectivity index (χ3v) is 7.10. The number of β-lactam (4-membered cyclic amide) rings is 1. The van der Waals surface area contributed by atoms with Gasteiger partial charge in [-0.05, 0) is 5.57 Å². The lowest BCUT2D eigenvalue weighted by Crippen LogP contribution is -2.71. The second-order valence-electron chi connectivity index (χ2n) is 7.27. The molecule has 16 nitrogen and oxygen atoms in total. The lowest BCUT2D eigenvalue weighted by Gasteiger charge is -2.49. The van der Waals surface area contributed by atoms with Crippen molar-refractivity contribution in [3.05, 3.63) is 38.4 Å². The molecule has 2 aliphatic rings. The molecule has 2 amide bonds. The molecule has 2 aromatic rings. The van der Waals surface area contributed by atoms with Gasteiger partial charge in [0.05, 0.1) is 6.61 Å². The molecule has 190 valence electrons. The van der Waals surface area contributed by atoms with Gasteiger partial charge in [0.25, 0.3) is 17.4 Å². The standard InChI is InChI=1S/C18H19N9O7S2/c1-34-26-9(8-5-36-17(19)21-8)13(30)22-10-14(31)27-11(16(32)33)6(4-35-15(10)27)2-20-18-23-12(29)7(3-28)24-25-18/h5,10,15,28H,2-4H2,1H3,(H2,19,21)(H,22,30)(H,32,33)(H2,20,23,25,29)/b26-9+/t10?,15-/m1/s1. The number of oxime groups is 1. The van der Waals surface area contributed by atoms with Crippen LogP contribution in [0.1, 0.15) is 11.4 Å². The molecule has 0 aromatic carbocycles. The fourth-order valence-corrected chi connectivity index (χ4v) is 5.35. The van der Waals surface area contributed by atoms with Gasteiger partial charge in [0, 0.05) is 17.7 Å². The lowest BCUT2D eigenvalue weighted by molar-refractivity contribution is -0.150. The summed E-state index contributed by atoms with van der Waals surface area (Å²) < 4.78 is 0. The Morgan fingerprint density at radius 2 is 2.17 bits per heavy atom. The molecule has 2 aromatic heterocycles. The molecule has 4 rings (SSSR count). The molecule has 0 radical (unpaired) electrons. The number of aliphatic hydroxyl groups excluding tert-OH is 1. The van der Waals surface area contributed by atoms with Crippen LogP contribution in [0.25, 0.3) is 0 Å². The Morgan fingerprint density at radius 1 is 1.39 bits per heavy atom. The number of anilines is 2. The van der Waals surface area contributed by atoms with Gasteiger partial charge in [0.2, 0.25) is 5.95 Å². The summed E-state index contributed by atoms with van der Waals surface area (Å²) in [6.45, 7) is -0.637. The number of thioether (sulfide) groups is 1. The number of carboxylic acids is 1. The van der Waals surface area contributed by atoms with Gasteiger partial charge >= 0.3 is 5.97 Å². The first-order valence-electron chi connectivity index (χ1n) is 10.1. The number of aromatic nitrogens is 4. The van der Waals surface area contributed by atoms with Gasteiger partial charge in [-0.25, -0.2) is 9.78 Å². The zero-order valence-corrected chi connectivity index (χ0v) is 20.1. The minimum absolute atomic E-state index is 0.0331. The van der Waals surface area contributed by atoms with Crippen LogP contribution in [0.2, 0.25) is 0 Å². The number of hydrogen-bond acceptors (Lipinski definition) is 14. The number of nitrogen functional groups attached to an aromatic ring is 1. The second kappa shape index (κ2) is 10.3. The summed E-state index contributed by atoms with van der Waals surface area (Å²) in [6, 6.07) is -1.00. The maximum atomic E-state index is 12.9. The van der Waals surface area contributed by atoms with Crippen LogP contribution in [0.15, 0.2) is 26.6 Å². The van der Waals surface area contributed by atoms with Crippen molar-refractivity contribution in [3.8, 4) is 0 Å². The Bertz CT molecular complexity index is 1340. The van der Waals surface area contributed by atoms with E-state index in [2.05, 4.69) is 36.0 Å². The fourth-order valence-electron chi connectivity index (χ4n) is 3.45. The van der Waals surface area contributed by atoms with Gasteiger partial charge in [-0.3, -0.25) is 24.3 Å². The number of carbonyl (C=O) groups is 3. The van der Waals surface area contributed by atoms with E-state index in [0.29, 0.717) is 5.57 Å². The molecule has 4 heterocycles. The van der Waals surface area contributed by atoms with Crippen LogP contribution in [0.4, 0.5) is 11.1 Å². The highest BCUT2D eigenvalue weighted by Crippen LogP contribution is 2.40. The van der Waals surface area contributed by atoms with Crippen molar-refractivity contribution in [1.29, 1.82) is 0 Å². The summed E-state index contributed by atoms with van der Waals surface area (Å²) in [4.78, 5) is 61.7. The minimum Gasteiger partial charge on any atom is -0.477 e. The molecular formula is C18H19N9O7S2. The Labute approximate surface area is 209 Å². The average Bonchev–Trinajstić information content (AvgIpc) is 3.29. The van der Waals surface area contributed by atoms with E-state index in [9.17, 15) is 24.3 Å². The van der Waals surface area contributed by atoms with Gasteiger partial charge in [0.1, 0.15) is 29.9 Å². The predicted molar refractivity (Wildman–Crippen MR) is 127 cm³/mol. The number of nitrogens with one attached hydrogen (secondary N) is 3. The van der Waals surface area contributed by atoms with Crippen LogP contribution in [0.5, 0.6) is 0 Å². The first-order chi connectivity index (χ1) is 17.2. The van der Waals surface area contributed by atoms with E-state index < -0.39 is 41.4 Å². The monoisotopic (exact) mass is 537 g/mol. The number of fused-ring (bicyclic) bond motifs is 1. The Balaban J connectivity index is 1.48. The summed E-state index contributed by atoms with van der Waals surface area (Å²) in [5.41, 5.74) is 4.91. The maximum Gasteiger partial charge on any atom is 0.352 e. The summed E-state index contributed by atoms with van der Waals surface area (Å²) in [5.74, 6) is -2.50. The summed E-state index contributed by atoms with van der Waals surface area (Å²) in [5, 5.41) is 36.1. The van der Waals surface area contributed by atoms with Crippen molar-refractivity contribution in [2.45, 2.75) is 18.0 Å². The van der Waals surface area contributed by atoms with Crippen molar-refractivity contribution < 1.29 is 29.4 Å². The van der Waals surface area contributed by atoms with E-state index in [1.165, 1.54) is 24.3 Å². The third kappa shape index (κ3) is 4.72. The summed E-state index contributed by atoms with van der Waals surface area (Å²) in [7, 11) is 1.25. The number of aliphatic hydroxyl groups is 1. The number of carbonyl (C=O) groups excluding carboxylic acids is 2. The number of amides is 2. The summed E-state index contributed by atoms with van der Waals surface area (Å²) in [6.07, 6.45) is 0. The van der Waals surface area contributed by atoms with Crippen LogP contribution < -0.4 is 21.9 Å². The van der Waals surface area contributed by atoms with Gasteiger partial charge in [0.15, 0.2) is 16.5 Å². The molecule has 0 bridgehead atoms. The van der Waals surface area contributed by atoms with Crippen LogP contribution in [0.3, 0.4) is 0 Å². The number of aromatic amines is 1. The molecule has 0 saturated carbocycles. The molecule has 1 unspecified atom stereocenters. The topological polar surface area (TPSA) is 238 Å². The van der Waals surface area contributed by atoms with E-state index in [4.69, 9.17) is 15.7 Å². The molecule has 18 heteroatoms. The quantitative estimate of drug-likeness (QED) is 0.114. The molecule has 0 aliphatic carbocycles. The molecule has 7 N–H and O–H groups in total. The van der Waals surface area contributed by atoms with Gasteiger partial charge in [-0.15, -0.1) is 33.3 Å². The van der Waals surface area contributed by atoms with Gasteiger partial charge in [-0.2, -0.15) is 0 Å². The van der Waals surface area contributed by atoms with Gasteiger partial charge in [-0.1, -0.05) is 5.16 Å². The number of nitrogens with two attached hydrogens (primary N) is 1. The van der Waals surface area contributed by atoms with Crippen molar-refractivity contribution >= 4 is 57.7 Å². The third-order valence-electron chi connectivity index (χ3n) is 5.08. The number of thiazole rings is 1. The van der Waals surface area contributed by atoms with Crippen molar-refractivity contribution in [1.82, 2.24) is 30.4 Å². The zero-order valence-electron chi connectivity index (χ0n) is 18.4. The van der Waals surface area contributed by atoms with E-state index in [1.54, 1.807) is 0 Å². The smallest absolute Gasteiger partial charge is 0.352 e. The highest BCUT2D eigenvalue weighted by Gasteiger charge is 2.54. The molecule has 2 aliphatic heterocycles. The molecular weight excluding hydrogens is 518 g/mol. The van der Waals surface area contributed by atoms with Crippen LogP contribution in [-0.2, 0) is 25.8 Å². The molecule has 1 saturated heterocycles. The van der Waals surface area contributed by atoms with E-state index in [0.717, 1.165) is 16.2 Å². The largest absolute Gasteiger partial charge is 0.477 e. The van der Waals surface area contributed by atoms with Crippen LogP contribution in [0, 0.1) is 0 Å². The second-order valence-corrected chi connectivity index (χ2v) is 9.27. The van der Waals surface area contributed by atoms with Crippen molar-refractivity contribution in [3.63, 3.8) is 0 Å². The normalized spacial score (nSPS) is 19.4. The highest BCUT2D eigenvalue weighted by molar-refractivity contribution is 8.00. The predicted octanol–water partition coefficient (Wildman–Crippen LogP) is -2.10. The van der Waals surface area contributed by atoms with Crippen molar-refractivity contribution in [2.75, 3.05) is 30.5 Å². The summed E-state index contributed by atoms with van der Waals surface area (Å²) >= 11 is 2.35. The number of hydrogen-bond donors (Lipinski definition) is 6. The zero-order chi connectivity index (χ0) is 26.0. The number of aliphatic carboxylic acids is 1. The number of nitrogens with zero attached hydrogens (tertiary/aromatic N) is 5. The fraction of sp³-hybridized carbons (Fsp3) is 0.333. The van der Waals surface area contributed by atoms with Crippen molar-refractivity contribution in [2.24, 2.45) is 5.16 Å². The van der Waals surface area contributed by atoms with Gasteiger partial charge < -0.3 is 31.4 Å². The van der Waals surface area contributed by atoms with E-state index >= 15 is 0 Å². The lowest BCUT2D eigenvalue weighted by atomic mass is 10.0. The SMILES string of the molecule is CO/N=C(/C(=O)NC1C(=O)N2C(C(=O)O)=C(CNc3nnc(CO)c(=O)[nH]3)CS[C@H]12)c1csc(N)n1. The average molecular weight is 538 g/mol. The Hall–Kier alpha value is -4.03. The number of H-pyrrole nitrogens is 1. The number of rotatable bonds is 9. The first kappa shape index (κ1) is 25.1. The first-order valence-corrected chi connectivity index (χ1v) is 12.0. The maximum absolute atomic E-state index is 12.9. The van der Waals surface area contributed by atoms with Crippen LogP contribution >= 0.6 is 23.1 Å². The van der Waals surface area contributed by atoms with E-state index in [1.807, 2.05) is 0 Å². The molecule has 2 atom stereocenters. The Kier molecular flexibility index (Phi) is 7.17. The van der Waals surface area contributed by atoms with E-state index in [-0.39, 0.29) is 46.2 Å². The highest BCUT2D eigenvalue weighted by atomic mass is 32.2. The minimum atomic E-state index is -1.33.